The van der Waals surface area contributed by atoms with Crippen molar-refractivity contribution in [1.82, 2.24) is 10.2 Å². The number of nitrogens with zero attached hydrogens (tertiary/aromatic N) is 1. The van der Waals surface area contributed by atoms with Crippen LogP contribution < -0.4 is 10.1 Å². The second-order valence-corrected chi connectivity index (χ2v) is 6.14. The SMILES string of the molecule is COc1ccc(CNC(CN2CCCC2=O)c2ccccc2)cc1. The minimum Gasteiger partial charge on any atom is -0.497 e. The Labute approximate surface area is 143 Å². The number of likely N-dealkylation sites (tertiary alicyclic amines) is 1. The topological polar surface area (TPSA) is 41.6 Å². The van der Waals surface area contributed by atoms with Crippen molar-refractivity contribution < 1.29 is 9.53 Å². The highest BCUT2D eigenvalue weighted by Gasteiger charge is 2.24. The molecule has 126 valence electrons. The number of carbonyl (C=O) groups is 1. The standard InChI is InChI=1S/C20H24N2O2/c1-24-18-11-9-16(10-12-18)14-21-19(17-6-3-2-4-7-17)15-22-13-5-8-20(22)23/h2-4,6-7,9-12,19,21H,5,8,13-15H2,1H3. The first-order chi connectivity index (χ1) is 11.8. The Kier molecular flexibility index (Phi) is 5.49. The second kappa shape index (κ2) is 7.97. The van der Waals surface area contributed by atoms with Gasteiger partial charge in [-0.15, -0.1) is 0 Å². The molecular weight excluding hydrogens is 300 g/mol. The molecule has 0 saturated carbocycles. The van der Waals surface area contributed by atoms with Crippen molar-refractivity contribution in [2.75, 3.05) is 20.2 Å². The van der Waals surface area contributed by atoms with E-state index in [1.807, 2.05) is 35.2 Å². The van der Waals surface area contributed by atoms with Gasteiger partial charge in [-0.25, -0.2) is 0 Å². The van der Waals surface area contributed by atoms with Crippen molar-refractivity contribution in [3.05, 3.63) is 65.7 Å². The summed E-state index contributed by atoms with van der Waals surface area (Å²) < 4.78 is 5.20. The highest BCUT2D eigenvalue weighted by Crippen LogP contribution is 2.19. The van der Waals surface area contributed by atoms with E-state index in [0.29, 0.717) is 6.42 Å². The number of amides is 1. The molecule has 4 heteroatoms. The third-order valence-corrected chi connectivity index (χ3v) is 4.49. The molecule has 0 aromatic heterocycles. The van der Waals surface area contributed by atoms with Crippen molar-refractivity contribution in [3.8, 4) is 5.75 Å². The number of carbonyl (C=O) groups excluding carboxylic acids is 1. The lowest BCUT2D eigenvalue weighted by Gasteiger charge is -2.25. The van der Waals surface area contributed by atoms with Gasteiger partial charge in [-0.3, -0.25) is 4.79 Å². The van der Waals surface area contributed by atoms with Crippen molar-refractivity contribution in [2.45, 2.75) is 25.4 Å². The van der Waals surface area contributed by atoms with Crippen LogP contribution >= 0.6 is 0 Å². The van der Waals surface area contributed by atoms with Gasteiger partial charge in [-0.05, 0) is 29.7 Å². The smallest absolute Gasteiger partial charge is 0.222 e. The first-order valence-electron chi connectivity index (χ1n) is 8.45. The van der Waals surface area contributed by atoms with E-state index >= 15 is 0 Å². The molecule has 1 atom stereocenters. The summed E-state index contributed by atoms with van der Waals surface area (Å²) in [6.07, 6.45) is 1.65. The quantitative estimate of drug-likeness (QED) is 0.851. The Bertz CT molecular complexity index is 655. The molecule has 3 rings (SSSR count). The summed E-state index contributed by atoms with van der Waals surface area (Å²) in [4.78, 5) is 13.9. The largest absolute Gasteiger partial charge is 0.497 e. The third kappa shape index (κ3) is 4.15. The van der Waals surface area contributed by atoms with E-state index < -0.39 is 0 Å². The van der Waals surface area contributed by atoms with Gasteiger partial charge in [0.2, 0.25) is 5.91 Å². The molecular formula is C20H24N2O2. The molecule has 1 aliphatic heterocycles. The highest BCUT2D eigenvalue weighted by molar-refractivity contribution is 5.78. The van der Waals surface area contributed by atoms with Crippen LogP contribution in [0.25, 0.3) is 0 Å². The lowest BCUT2D eigenvalue weighted by Crippen LogP contribution is -2.35. The summed E-state index contributed by atoms with van der Waals surface area (Å²) in [5.74, 6) is 1.13. The Hall–Kier alpha value is -2.33. The number of hydrogen-bond acceptors (Lipinski definition) is 3. The molecule has 2 aromatic rings. The maximum absolute atomic E-state index is 12.0. The van der Waals surface area contributed by atoms with Gasteiger partial charge in [0.15, 0.2) is 0 Å². The average Bonchev–Trinajstić information content (AvgIpc) is 3.04. The molecule has 0 radical (unpaired) electrons. The number of rotatable bonds is 7. The first kappa shape index (κ1) is 16.5. The summed E-state index contributed by atoms with van der Waals surface area (Å²) in [7, 11) is 1.67. The maximum Gasteiger partial charge on any atom is 0.222 e. The Morgan fingerprint density at radius 1 is 1.12 bits per heavy atom. The lowest BCUT2D eigenvalue weighted by atomic mass is 10.1. The minimum absolute atomic E-state index is 0.135. The number of nitrogens with one attached hydrogen (secondary N) is 1. The van der Waals surface area contributed by atoms with E-state index in [1.165, 1.54) is 11.1 Å². The monoisotopic (exact) mass is 324 g/mol. The summed E-state index contributed by atoms with van der Waals surface area (Å²) >= 11 is 0. The molecule has 1 heterocycles. The number of methoxy groups -OCH3 is 1. The van der Waals surface area contributed by atoms with Crippen LogP contribution in [0.1, 0.15) is 30.0 Å². The summed E-state index contributed by atoms with van der Waals surface area (Å²) in [5.41, 5.74) is 2.41. The molecule has 1 fully saturated rings. The Morgan fingerprint density at radius 2 is 1.88 bits per heavy atom. The molecule has 1 saturated heterocycles. The van der Waals surface area contributed by atoms with Crippen LogP contribution in [0.4, 0.5) is 0 Å². The van der Waals surface area contributed by atoms with Gasteiger partial charge in [-0.1, -0.05) is 42.5 Å². The zero-order valence-corrected chi connectivity index (χ0v) is 14.1. The van der Waals surface area contributed by atoms with Crippen molar-refractivity contribution in [1.29, 1.82) is 0 Å². The van der Waals surface area contributed by atoms with Crippen molar-refractivity contribution >= 4 is 5.91 Å². The van der Waals surface area contributed by atoms with Gasteiger partial charge in [0.05, 0.1) is 13.2 Å². The number of ether oxygens (including phenoxy) is 1. The van der Waals surface area contributed by atoms with E-state index in [2.05, 4.69) is 29.6 Å². The molecule has 4 nitrogen and oxygen atoms in total. The molecule has 24 heavy (non-hydrogen) atoms. The van der Waals surface area contributed by atoms with Crippen LogP contribution in [-0.2, 0) is 11.3 Å². The fourth-order valence-electron chi connectivity index (χ4n) is 3.08. The zero-order valence-electron chi connectivity index (χ0n) is 14.1. The van der Waals surface area contributed by atoms with Crippen LogP contribution in [-0.4, -0.2) is 31.0 Å². The van der Waals surface area contributed by atoms with E-state index in [4.69, 9.17) is 4.74 Å². The van der Waals surface area contributed by atoms with Crippen LogP contribution in [0, 0.1) is 0 Å². The molecule has 1 unspecified atom stereocenters. The summed E-state index contributed by atoms with van der Waals surface area (Å²) in [5, 5.41) is 3.60. The van der Waals surface area contributed by atoms with E-state index in [-0.39, 0.29) is 11.9 Å². The molecule has 0 bridgehead atoms. The summed E-state index contributed by atoms with van der Waals surface area (Å²) in [6, 6.07) is 18.5. The molecule has 0 spiro atoms. The van der Waals surface area contributed by atoms with E-state index in [0.717, 1.165) is 31.8 Å². The molecule has 1 amide bonds. The number of hydrogen-bond donors (Lipinski definition) is 1. The fraction of sp³-hybridized carbons (Fsp3) is 0.350. The van der Waals surface area contributed by atoms with Crippen molar-refractivity contribution in [3.63, 3.8) is 0 Å². The van der Waals surface area contributed by atoms with Crippen molar-refractivity contribution in [2.24, 2.45) is 0 Å². The second-order valence-electron chi connectivity index (χ2n) is 6.14. The van der Waals surface area contributed by atoms with Gasteiger partial charge >= 0.3 is 0 Å². The van der Waals surface area contributed by atoms with Gasteiger partial charge in [0.1, 0.15) is 5.75 Å². The normalized spacial score (nSPS) is 15.5. The van der Waals surface area contributed by atoms with Gasteiger partial charge in [-0.2, -0.15) is 0 Å². The zero-order chi connectivity index (χ0) is 16.8. The Balaban J connectivity index is 1.68. The summed E-state index contributed by atoms with van der Waals surface area (Å²) in [6.45, 7) is 2.34. The molecule has 1 aliphatic rings. The average molecular weight is 324 g/mol. The van der Waals surface area contributed by atoms with Gasteiger partial charge in [0.25, 0.3) is 0 Å². The third-order valence-electron chi connectivity index (χ3n) is 4.49. The molecule has 0 aliphatic carbocycles. The molecule has 1 N–H and O–H groups in total. The number of benzene rings is 2. The molecule has 2 aromatic carbocycles. The maximum atomic E-state index is 12.0. The van der Waals surface area contributed by atoms with Gasteiger partial charge in [0, 0.05) is 26.1 Å². The van der Waals surface area contributed by atoms with Crippen LogP contribution in [0.2, 0.25) is 0 Å². The van der Waals surface area contributed by atoms with E-state index in [9.17, 15) is 4.79 Å². The van der Waals surface area contributed by atoms with Crippen LogP contribution in [0.5, 0.6) is 5.75 Å². The predicted octanol–water partition coefficient (Wildman–Crippen LogP) is 3.15. The highest BCUT2D eigenvalue weighted by atomic mass is 16.5. The minimum atomic E-state index is 0.135. The first-order valence-corrected chi connectivity index (χ1v) is 8.45. The van der Waals surface area contributed by atoms with Crippen LogP contribution in [0.15, 0.2) is 54.6 Å². The van der Waals surface area contributed by atoms with Gasteiger partial charge < -0.3 is 15.0 Å². The Morgan fingerprint density at radius 3 is 2.50 bits per heavy atom. The fourth-order valence-corrected chi connectivity index (χ4v) is 3.08. The predicted molar refractivity (Wildman–Crippen MR) is 94.8 cm³/mol. The lowest BCUT2D eigenvalue weighted by molar-refractivity contribution is -0.128. The van der Waals surface area contributed by atoms with E-state index in [1.54, 1.807) is 7.11 Å². The van der Waals surface area contributed by atoms with Crippen LogP contribution in [0.3, 0.4) is 0 Å².